The first-order valence-corrected chi connectivity index (χ1v) is 12.1. The topological polar surface area (TPSA) is 36.7 Å². The van der Waals surface area contributed by atoms with Gasteiger partial charge in [0.05, 0.1) is 17.4 Å². The summed E-state index contributed by atoms with van der Waals surface area (Å²) in [6.07, 6.45) is 5.96. The smallest absolute Gasteiger partial charge is 0.137 e. The third kappa shape index (κ3) is 3.72. The number of aromatic nitrogens is 3. The third-order valence-corrected chi connectivity index (χ3v) is 7.05. The van der Waals surface area contributed by atoms with Gasteiger partial charge in [-0.15, -0.1) is 0 Å². The quantitative estimate of drug-likeness (QED) is 0.352. The van der Waals surface area contributed by atoms with E-state index in [9.17, 15) is 0 Å². The fourth-order valence-corrected chi connectivity index (χ4v) is 5.04. The molecule has 6 rings (SSSR count). The number of benzene rings is 2. The van der Waals surface area contributed by atoms with Crippen LogP contribution < -0.4 is 4.90 Å². The molecule has 0 N–H and O–H groups in total. The lowest BCUT2D eigenvalue weighted by molar-refractivity contribution is 0.209. The lowest BCUT2D eigenvalue weighted by Crippen LogP contribution is -2.48. The number of imidazole rings is 1. The maximum absolute atomic E-state index is 4.73. The van der Waals surface area contributed by atoms with Crippen molar-refractivity contribution in [1.29, 1.82) is 0 Å². The molecule has 4 heterocycles. The molecule has 1 saturated heterocycles. The predicted molar refractivity (Wildman–Crippen MR) is 140 cm³/mol. The summed E-state index contributed by atoms with van der Waals surface area (Å²) in [6.45, 7) is 9.00. The summed E-state index contributed by atoms with van der Waals surface area (Å²) in [5, 5.41) is 1.14. The predicted octanol–water partition coefficient (Wildman–Crippen LogP) is 5.75. The monoisotopic (exact) mass is 447 g/mol. The second-order valence-corrected chi connectivity index (χ2v) is 9.33. The number of fused-ring (bicyclic) bond motifs is 2. The van der Waals surface area contributed by atoms with Gasteiger partial charge in [-0.25, -0.2) is 4.98 Å². The van der Waals surface area contributed by atoms with E-state index in [4.69, 9.17) is 4.98 Å². The molecule has 0 aliphatic carbocycles. The van der Waals surface area contributed by atoms with Crippen molar-refractivity contribution in [1.82, 2.24) is 19.3 Å². The van der Waals surface area contributed by atoms with Gasteiger partial charge >= 0.3 is 0 Å². The van der Waals surface area contributed by atoms with E-state index in [1.54, 1.807) is 0 Å². The summed E-state index contributed by atoms with van der Waals surface area (Å²) in [6, 6.07) is 24.3. The first kappa shape index (κ1) is 20.9. The van der Waals surface area contributed by atoms with Crippen LogP contribution in [0.3, 0.4) is 0 Å². The van der Waals surface area contributed by atoms with Gasteiger partial charge in [-0.2, -0.15) is 0 Å². The molecular weight excluding hydrogens is 418 g/mol. The molecule has 1 aliphatic rings. The second kappa shape index (κ2) is 8.58. The van der Waals surface area contributed by atoms with Crippen molar-refractivity contribution in [2.75, 3.05) is 31.1 Å². The Kier molecular flexibility index (Phi) is 5.27. The van der Waals surface area contributed by atoms with Crippen LogP contribution in [0.4, 0.5) is 5.69 Å². The molecule has 0 amide bonds. The zero-order valence-electron chi connectivity index (χ0n) is 19.7. The van der Waals surface area contributed by atoms with Gasteiger partial charge in [0.25, 0.3) is 0 Å². The van der Waals surface area contributed by atoms with E-state index in [1.807, 2.05) is 24.5 Å². The Bertz CT molecular complexity index is 1440. The van der Waals surface area contributed by atoms with Crippen molar-refractivity contribution < 1.29 is 0 Å². The lowest BCUT2D eigenvalue weighted by atomic mass is 10.1. The largest absolute Gasteiger partial charge is 0.369 e. The molecule has 0 radical (unpaired) electrons. The highest BCUT2D eigenvalue weighted by molar-refractivity contribution is 5.93. The first-order valence-electron chi connectivity index (χ1n) is 12.1. The standard InChI is InChI=1S/C29H29N5/c1-21(2)32-15-17-33(18-16-32)24-9-7-22(8-10-24)23-12-14-34-28(20-31-29(34)19-23)26-11-13-30-27-6-4-3-5-25(26)27/h3-14,19-21H,15-18H2,1-2H3. The Morgan fingerprint density at radius 1 is 0.794 bits per heavy atom. The van der Waals surface area contributed by atoms with Crippen molar-refractivity contribution >= 4 is 22.2 Å². The Hall–Kier alpha value is -3.70. The van der Waals surface area contributed by atoms with Crippen LogP contribution in [-0.4, -0.2) is 51.5 Å². The molecule has 0 unspecified atom stereocenters. The molecule has 1 fully saturated rings. The minimum atomic E-state index is 0.625. The zero-order chi connectivity index (χ0) is 23.1. The maximum Gasteiger partial charge on any atom is 0.137 e. The van der Waals surface area contributed by atoms with Gasteiger partial charge in [0.2, 0.25) is 0 Å². The van der Waals surface area contributed by atoms with E-state index in [0.717, 1.165) is 54.0 Å². The summed E-state index contributed by atoms with van der Waals surface area (Å²) in [5.74, 6) is 0. The fourth-order valence-electron chi connectivity index (χ4n) is 5.04. The van der Waals surface area contributed by atoms with E-state index in [0.29, 0.717) is 6.04 Å². The van der Waals surface area contributed by atoms with E-state index >= 15 is 0 Å². The molecular formula is C29H29N5. The number of rotatable bonds is 4. The SMILES string of the molecule is CC(C)N1CCN(c2ccc(-c3ccn4c(-c5ccnc6ccccc56)cnc4c3)cc2)CC1. The van der Waals surface area contributed by atoms with Gasteiger partial charge in [0.15, 0.2) is 0 Å². The van der Waals surface area contributed by atoms with Crippen LogP contribution in [0.5, 0.6) is 0 Å². The van der Waals surface area contributed by atoms with Crippen molar-refractivity contribution in [2.45, 2.75) is 19.9 Å². The molecule has 170 valence electrons. The molecule has 5 aromatic rings. The van der Waals surface area contributed by atoms with Gasteiger partial charge in [0, 0.05) is 61.3 Å². The Balaban J connectivity index is 1.27. The number of anilines is 1. The Morgan fingerprint density at radius 3 is 2.38 bits per heavy atom. The molecule has 1 aliphatic heterocycles. The number of hydrogen-bond acceptors (Lipinski definition) is 4. The summed E-state index contributed by atoms with van der Waals surface area (Å²) in [7, 11) is 0. The van der Waals surface area contributed by atoms with E-state index < -0.39 is 0 Å². The molecule has 0 atom stereocenters. The minimum Gasteiger partial charge on any atom is -0.369 e. The number of pyridine rings is 2. The Morgan fingerprint density at radius 2 is 1.59 bits per heavy atom. The normalized spacial score (nSPS) is 15.0. The number of hydrogen-bond donors (Lipinski definition) is 0. The molecule has 0 spiro atoms. The summed E-state index contributed by atoms with van der Waals surface area (Å²) in [4.78, 5) is 14.3. The highest BCUT2D eigenvalue weighted by atomic mass is 15.3. The van der Waals surface area contributed by atoms with Crippen LogP contribution in [0.15, 0.2) is 85.3 Å². The molecule has 0 saturated carbocycles. The van der Waals surface area contributed by atoms with E-state index in [1.165, 1.54) is 16.8 Å². The zero-order valence-corrected chi connectivity index (χ0v) is 19.7. The number of para-hydroxylation sites is 1. The van der Waals surface area contributed by atoms with Crippen LogP contribution >= 0.6 is 0 Å². The summed E-state index contributed by atoms with van der Waals surface area (Å²) < 4.78 is 2.16. The van der Waals surface area contributed by atoms with Crippen LogP contribution in [-0.2, 0) is 0 Å². The number of nitrogens with zero attached hydrogens (tertiary/aromatic N) is 5. The van der Waals surface area contributed by atoms with Crippen molar-refractivity contribution in [3.8, 4) is 22.4 Å². The molecule has 34 heavy (non-hydrogen) atoms. The van der Waals surface area contributed by atoms with Crippen molar-refractivity contribution in [3.63, 3.8) is 0 Å². The summed E-state index contributed by atoms with van der Waals surface area (Å²) in [5.41, 5.74) is 7.87. The van der Waals surface area contributed by atoms with Crippen molar-refractivity contribution in [2.24, 2.45) is 0 Å². The van der Waals surface area contributed by atoms with Crippen LogP contribution in [0.25, 0.3) is 38.9 Å². The van der Waals surface area contributed by atoms with Gasteiger partial charge in [-0.3, -0.25) is 14.3 Å². The first-order chi connectivity index (χ1) is 16.7. The van der Waals surface area contributed by atoms with Crippen LogP contribution in [0.1, 0.15) is 13.8 Å². The van der Waals surface area contributed by atoms with Gasteiger partial charge in [0.1, 0.15) is 5.65 Å². The molecule has 5 heteroatoms. The summed E-state index contributed by atoms with van der Waals surface area (Å²) >= 11 is 0. The van der Waals surface area contributed by atoms with Crippen LogP contribution in [0.2, 0.25) is 0 Å². The lowest BCUT2D eigenvalue weighted by Gasteiger charge is -2.38. The van der Waals surface area contributed by atoms with Gasteiger partial charge in [-0.1, -0.05) is 30.3 Å². The minimum absolute atomic E-state index is 0.625. The average Bonchev–Trinajstić information content (AvgIpc) is 3.31. The molecule has 2 aromatic carbocycles. The second-order valence-electron chi connectivity index (χ2n) is 9.33. The maximum atomic E-state index is 4.73. The van der Waals surface area contributed by atoms with Crippen molar-refractivity contribution in [3.05, 3.63) is 85.3 Å². The highest BCUT2D eigenvalue weighted by Gasteiger charge is 2.19. The number of piperazine rings is 1. The molecule has 5 nitrogen and oxygen atoms in total. The molecule has 0 bridgehead atoms. The van der Waals surface area contributed by atoms with Gasteiger partial charge < -0.3 is 4.90 Å². The fraction of sp³-hybridized carbons (Fsp3) is 0.241. The van der Waals surface area contributed by atoms with E-state index in [2.05, 4.69) is 93.8 Å². The van der Waals surface area contributed by atoms with Gasteiger partial charge in [-0.05, 0) is 61.4 Å². The third-order valence-electron chi connectivity index (χ3n) is 7.05. The Labute approximate surface area is 200 Å². The van der Waals surface area contributed by atoms with E-state index in [-0.39, 0.29) is 0 Å². The highest BCUT2D eigenvalue weighted by Crippen LogP contribution is 2.30. The van der Waals surface area contributed by atoms with Crippen LogP contribution in [0, 0.1) is 0 Å². The molecule has 3 aromatic heterocycles. The average molecular weight is 448 g/mol.